The molecule has 2 aromatic heterocycles. The van der Waals surface area contributed by atoms with E-state index < -0.39 is 10.0 Å². The van der Waals surface area contributed by atoms with Crippen LogP contribution < -0.4 is 5.14 Å². The number of aryl methyl sites for hydroxylation is 1. The second-order valence-electron chi connectivity index (χ2n) is 5.60. The minimum atomic E-state index is -3.82. The van der Waals surface area contributed by atoms with Crippen molar-refractivity contribution < 1.29 is 8.42 Å². The number of hydrogen-bond donors (Lipinski definition) is 1. The second-order valence-corrected chi connectivity index (χ2v) is 8.29. The van der Waals surface area contributed by atoms with E-state index in [1.165, 1.54) is 4.52 Å². The highest BCUT2D eigenvalue weighted by molar-refractivity contribution is 7.91. The van der Waals surface area contributed by atoms with E-state index in [9.17, 15) is 8.42 Å². The van der Waals surface area contributed by atoms with Crippen LogP contribution in [0.2, 0.25) is 0 Å². The van der Waals surface area contributed by atoms with E-state index in [4.69, 9.17) is 5.14 Å². The number of nitrogens with zero attached hydrogens (tertiary/aromatic N) is 3. The predicted octanol–water partition coefficient (Wildman–Crippen LogP) is 3.08. The summed E-state index contributed by atoms with van der Waals surface area (Å²) in [6.45, 7) is 1.85. The van der Waals surface area contributed by atoms with E-state index in [-0.39, 0.29) is 4.34 Å². The van der Waals surface area contributed by atoms with Crippen LogP contribution in [0.1, 0.15) is 5.69 Å². The van der Waals surface area contributed by atoms with Gasteiger partial charge in [0.15, 0.2) is 0 Å². The number of aromatic nitrogens is 3. The number of sulfonamides is 1. The van der Waals surface area contributed by atoms with Crippen molar-refractivity contribution in [1.29, 1.82) is 0 Å². The number of nitrogens with two attached hydrogens (primary N) is 1. The summed E-state index contributed by atoms with van der Waals surface area (Å²) >= 11 is 0.962. The first-order valence-corrected chi connectivity index (χ1v) is 9.84. The third kappa shape index (κ3) is 2.84. The van der Waals surface area contributed by atoms with Crippen molar-refractivity contribution in [2.75, 3.05) is 0 Å². The number of benzene rings is 2. The van der Waals surface area contributed by atoms with E-state index in [0.29, 0.717) is 4.96 Å². The van der Waals surface area contributed by atoms with Gasteiger partial charge in [-0.25, -0.2) is 23.1 Å². The fourth-order valence-corrected chi connectivity index (χ4v) is 4.23. The van der Waals surface area contributed by atoms with E-state index in [2.05, 4.69) is 22.2 Å². The van der Waals surface area contributed by atoms with Crippen LogP contribution in [0.15, 0.2) is 58.9 Å². The van der Waals surface area contributed by atoms with Crippen LogP contribution in [0.5, 0.6) is 0 Å². The third-order valence-electron chi connectivity index (χ3n) is 3.92. The fraction of sp³-hybridized carbons (Fsp3) is 0.0588. The molecule has 2 aromatic carbocycles. The van der Waals surface area contributed by atoms with Gasteiger partial charge in [-0.05, 0) is 18.1 Å². The minimum Gasteiger partial charge on any atom is -0.223 e. The average Bonchev–Trinajstić information content (AvgIpc) is 3.16. The van der Waals surface area contributed by atoms with Crippen molar-refractivity contribution in [3.63, 3.8) is 0 Å². The molecule has 0 unspecified atom stereocenters. The number of fused-ring (bicyclic) bond motifs is 1. The summed E-state index contributed by atoms with van der Waals surface area (Å²) < 4.78 is 24.2. The molecule has 0 aliphatic carbocycles. The average molecular weight is 370 g/mol. The first-order chi connectivity index (χ1) is 11.9. The van der Waals surface area contributed by atoms with Gasteiger partial charge in [-0.1, -0.05) is 65.9 Å². The number of rotatable bonds is 3. The van der Waals surface area contributed by atoms with Crippen molar-refractivity contribution in [2.45, 2.75) is 11.3 Å². The lowest BCUT2D eigenvalue weighted by Gasteiger charge is -2.03. The molecule has 0 amide bonds. The molecular weight excluding hydrogens is 356 g/mol. The molecule has 25 heavy (non-hydrogen) atoms. The van der Waals surface area contributed by atoms with Crippen LogP contribution in [0.4, 0.5) is 0 Å². The fourth-order valence-electron chi connectivity index (χ4n) is 2.67. The van der Waals surface area contributed by atoms with Gasteiger partial charge in [0.2, 0.25) is 9.30 Å². The van der Waals surface area contributed by atoms with Gasteiger partial charge in [-0.3, -0.25) is 0 Å². The van der Waals surface area contributed by atoms with Gasteiger partial charge in [0.1, 0.15) is 0 Å². The van der Waals surface area contributed by atoms with Crippen molar-refractivity contribution >= 4 is 26.3 Å². The summed E-state index contributed by atoms with van der Waals surface area (Å²) in [5, 5.41) is 9.18. The molecule has 0 saturated heterocycles. The van der Waals surface area contributed by atoms with Crippen molar-refractivity contribution in [1.82, 2.24) is 14.6 Å². The van der Waals surface area contributed by atoms with Gasteiger partial charge in [0.25, 0.3) is 10.0 Å². The van der Waals surface area contributed by atoms with Crippen LogP contribution in [0, 0.1) is 6.92 Å². The smallest absolute Gasteiger partial charge is 0.223 e. The summed E-state index contributed by atoms with van der Waals surface area (Å²) in [5.41, 5.74) is 4.77. The van der Waals surface area contributed by atoms with Gasteiger partial charge in [0.05, 0.1) is 11.4 Å². The Labute approximate surface area is 148 Å². The Morgan fingerprint density at radius 3 is 2.16 bits per heavy atom. The lowest BCUT2D eigenvalue weighted by atomic mass is 10.0. The first-order valence-electron chi connectivity index (χ1n) is 7.48. The summed E-state index contributed by atoms with van der Waals surface area (Å²) in [6, 6.07) is 18.2. The SMILES string of the molecule is Cc1c(-c2ccc(-c3ccccc3)cc2)nc2sc(S(N)(=O)=O)nn12. The van der Waals surface area contributed by atoms with Crippen molar-refractivity contribution in [3.8, 4) is 22.4 Å². The molecule has 0 atom stereocenters. The molecule has 4 aromatic rings. The summed E-state index contributed by atoms with van der Waals surface area (Å²) in [5.74, 6) is 0. The van der Waals surface area contributed by atoms with Gasteiger partial charge in [-0.2, -0.15) is 0 Å². The normalized spacial score (nSPS) is 11.9. The third-order valence-corrected chi connectivity index (χ3v) is 6.14. The molecule has 0 fully saturated rings. The highest BCUT2D eigenvalue weighted by atomic mass is 32.2. The molecule has 0 spiro atoms. The van der Waals surface area contributed by atoms with E-state index in [0.717, 1.165) is 39.4 Å². The Morgan fingerprint density at radius 2 is 1.56 bits per heavy atom. The van der Waals surface area contributed by atoms with Crippen LogP contribution in [-0.2, 0) is 10.0 Å². The topological polar surface area (TPSA) is 90.3 Å². The Balaban J connectivity index is 1.75. The molecular formula is C17H14N4O2S2. The molecule has 0 bridgehead atoms. The molecule has 0 radical (unpaired) electrons. The molecule has 2 heterocycles. The van der Waals surface area contributed by atoms with Gasteiger partial charge >= 0.3 is 0 Å². The van der Waals surface area contributed by atoms with Gasteiger partial charge in [-0.15, -0.1) is 5.10 Å². The Kier molecular flexibility index (Phi) is 3.68. The molecule has 8 heteroatoms. The number of hydrogen-bond acceptors (Lipinski definition) is 5. The zero-order valence-corrected chi connectivity index (χ0v) is 14.9. The van der Waals surface area contributed by atoms with Crippen LogP contribution in [0.3, 0.4) is 0 Å². The van der Waals surface area contributed by atoms with Crippen LogP contribution in [-0.4, -0.2) is 23.0 Å². The van der Waals surface area contributed by atoms with Crippen molar-refractivity contribution in [3.05, 3.63) is 60.3 Å². The predicted molar refractivity (Wildman–Crippen MR) is 97.8 cm³/mol. The van der Waals surface area contributed by atoms with Crippen molar-refractivity contribution in [2.24, 2.45) is 5.14 Å². The molecule has 0 aliphatic rings. The Bertz CT molecular complexity index is 1160. The van der Waals surface area contributed by atoms with E-state index in [1.807, 2.05) is 49.4 Å². The minimum absolute atomic E-state index is 0.135. The Morgan fingerprint density at radius 1 is 0.960 bits per heavy atom. The highest BCUT2D eigenvalue weighted by Crippen LogP contribution is 2.29. The standard InChI is InChI=1S/C17H14N4O2S2/c1-11-15(19-16-21(11)20-17(24-16)25(18,22)23)14-9-7-13(8-10-14)12-5-3-2-4-6-12/h2-10H,1H3,(H2,18,22,23). The lowest BCUT2D eigenvalue weighted by molar-refractivity contribution is 0.594. The molecule has 0 saturated carbocycles. The van der Waals surface area contributed by atoms with Gasteiger partial charge < -0.3 is 0 Å². The molecule has 2 N–H and O–H groups in total. The summed E-state index contributed by atoms with van der Waals surface area (Å²) in [6.07, 6.45) is 0. The quantitative estimate of drug-likeness (QED) is 0.600. The maximum Gasteiger partial charge on any atom is 0.267 e. The highest BCUT2D eigenvalue weighted by Gasteiger charge is 2.20. The zero-order valence-electron chi connectivity index (χ0n) is 13.2. The second kappa shape index (κ2) is 5.76. The van der Waals surface area contributed by atoms with E-state index in [1.54, 1.807) is 0 Å². The number of primary sulfonamides is 1. The molecule has 0 aliphatic heterocycles. The lowest BCUT2D eigenvalue weighted by Crippen LogP contribution is -2.12. The van der Waals surface area contributed by atoms with Gasteiger partial charge in [0, 0.05) is 5.56 Å². The first kappa shape index (κ1) is 15.9. The zero-order chi connectivity index (χ0) is 17.6. The maximum atomic E-state index is 11.4. The summed E-state index contributed by atoms with van der Waals surface area (Å²) in [4.78, 5) is 5.02. The monoisotopic (exact) mass is 370 g/mol. The molecule has 126 valence electrons. The molecule has 6 nitrogen and oxygen atoms in total. The maximum absolute atomic E-state index is 11.4. The molecule has 4 rings (SSSR count). The number of imidazole rings is 1. The van der Waals surface area contributed by atoms with Crippen LogP contribution in [0.25, 0.3) is 27.3 Å². The largest absolute Gasteiger partial charge is 0.267 e. The Hall–Kier alpha value is -2.55. The summed E-state index contributed by atoms with van der Waals surface area (Å²) in [7, 11) is -3.82. The van der Waals surface area contributed by atoms with Crippen LogP contribution >= 0.6 is 11.3 Å². The van der Waals surface area contributed by atoms with E-state index >= 15 is 0 Å².